The minimum atomic E-state index is -4.07. The monoisotopic (exact) mass is 438 g/mol. The lowest BCUT2D eigenvalue weighted by atomic mass is 9.92. The summed E-state index contributed by atoms with van der Waals surface area (Å²) in [5, 5.41) is 26.2. The molecule has 0 saturated heterocycles. The number of pyridine rings is 1. The number of sulfonamides is 1. The van der Waals surface area contributed by atoms with Gasteiger partial charge in [0.1, 0.15) is 10.6 Å². The van der Waals surface area contributed by atoms with Gasteiger partial charge in [0, 0.05) is 18.6 Å². The van der Waals surface area contributed by atoms with E-state index in [1.165, 1.54) is 10.9 Å². The average Bonchev–Trinajstić information content (AvgIpc) is 3.47. The second-order valence-electron chi connectivity index (χ2n) is 7.98. The van der Waals surface area contributed by atoms with Gasteiger partial charge in [0.2, 0.25) is 10.0 Å². The normalized spacial score (nSPS) is 16.2. The zero-order chi connectivity index (χ0) is 21.8. The molecule has 10 heteroatoms. The molecule has 31 heavy (non-hydrogen) atoms. The number of aryl methyl sites for hydroxylation is 1. The number of benzene rings is 1. The number of hydrogen-bond donors (Lipinski definition) is 2. The van der Waals surface area contributed by atoms with Crippen LogP contribution >= 0.6 is 0 Å². The molecule has 1 aromatic carbocycles. The lowest BCUT2D eigenvalue weighted by Gasteiger charge is -2.22. The van der Waals surface area contributed by atoms with Crippen LogP contribution in [0.2, 0.25) is 0 Å². The summed E-state index contributed by atoms with van der Waals surface area (Å²) in [6, 6.07) is 9.07. The van der Waals surface area contributed by atoms with Crippen LogP contribution in [0.1, 0.15) is 31.2 Å². The van der Waals surface area contributed by atoms with Gasteiger partial charge in [-0.3, -0.25) is 9.67 Å². The molecule has 0 atom stereocenters. The number of aliphatic hydroxyl groups is 1. The maximum atomic E-state index is 12.4. The van der Waals surface area contributed by atoms with Crippen LogP contribution < -0.4 is 5.14 Å². The Morgan fingerprint density at radius 1 is 1.19 bits per heavy atom. The van der Waals surface area contributed by atoms with Crippen molar-refractivity contribution in [2.75, 3.05) is 0 Å². The first-order valence-electron chi connectivity index (χ1n) is 9.99. The van der Waals surface area contributed by atoms with Gasteiger partial charge in [0.05, 0.1) is 34.9 Å². The third-order valence-corrected chi connectivity index (χ3v) is 6.86. The molecular formula is C21H22N6O3S. The quantitative estimate of drug-likeness (QED) is 0.503. The number of nitrogens with zero attached hydrogens (tertiary/aromatic N) is 5. The van der Waals surface area contributed by atoms with Crippen molar-refractivity contribution in [1.29, 1.82) is 0 Å². The van der Waals surface area contributed by atoms with Crippen LogP contribution in [0.25, 0.3) is 28.0 Å². The maximum Gasteiger partial charge on any atom is 0.241 e. The van der Waals surface area contributed by atoms with E-state index in [-0.39, 0.29) is 10.6 Å². The molecular weight excluding hydrogens is 416 g/mol. The molecule has 0 aliphatic heterocycles. The van der Waals surface area contributed by atoms with E-state index in [4.69, 9.17) is 5.14 Å². The Labute approximate surface area is 179 Å². The summed E-state index contributed by atoms with van der Waals surface area (Å²) < 4.78 is 28.0. The summed E-state index contributed by atoms with van der Waals surface area (Å²) >= 11 is 0. The molecule has 1 aliphatic carbocycles. The fourth-order valence-electron chi connectivity index (χ4n) is 4.36. The van der Waals surface area contributed by atoms with Crippen molar-refractivity contribution in [3.63, 3.8) is 0 Å². The van der Waals surface area contributed by atoms with Crippen molar-refractivity contribution in [2.45, 2.75) is 36.2 Å². The Bertz CT molecular complexity index is 1400. The van der Waals surface area contributed by atoms with Crippen LogP contribution in [0.15, 0.2) is 53.8 Å². The van der Waals surface area contributed by atoms with Crippen molar-refractivity contribution in [3.05, 3.63) is 54.5 Å². The van der Waals surface area contributed by atoms with Gasteiger partial charge >= 0.3 is 0 Å². The summed E-state index contributed by atoms with van der Waals surface area (Å²) in [4.78, 5) is 4.21. The zero-order valence-corrected chi connectivity index (χ0v) is 17.7. The molecule has 5 rings (SSSR count). The van der Waals surface area contributed by atoms with Gasteiger partial charge in [-0.15, -0.1) is 0 Å². The molecule has 3 N–H and O–H groups in total. The number of fused-ring (bicyclic) bond motifs is 1. The topological polar surface area (TPSA) is 129 Å². The van der Waals surface area contributed by atoms with Crippen molar-refractivity contribution >= 4 is 20.9 Å². The van der Waals surface area contributed by atoms with Gasteiger partial charge in [0.15, 0.2) is 0 Å². The van der Waals surface area contributed by atoms with E-state index in [9.17, 15) is 13.5 Å². The van der Waals surface area contributed by atoms with Crippen LogP contribution in [-0.4, -0.2) is 38.1 Å². The van der Waals surface area contributed by atoms with E-state index in [1.54, 1.807) is 29.2 Å². The Morgan fingerprint density at radius 2 is 1.97 bits per heavy atom. The van der Waals surface area contributed by atoms with Gasteiger partial charge in [-0.2, -0.15) is 10.2 Å². The summed E-state index contributed by atoms with van der Waals surface area (Å²) in [5.41, 5.74) is 1.74. The molecule has 4 aromatic rings. The second-order valence-corrected chi connectivity index (χ2v) is 9.51. The van der Waals surface area contributed by atoms with Crippen LogP contribution in [0.5, 0.6) is 0 Å². The molecule has 0 radical (unpaired) electrons. The molecule has 0 amide bonds. The zero-order valence-electron chi connectivity index (χ0n) is 16.9. The number of primary sulfonamides is 1. The van der Waals surface area contributed by atoms with Crippen LogP contribution in [0, 0.1) is 0 Å². The van der Waals surface area contributed by atoms with E-state index in [2.05, 4.69) is 15.2 Å². The molecule has 1 saturated carbocycles. The summed E-state index contributed by atoms with van der Waals surface area (Å²) in [7, 11) is -2.26. The molecule has 3 heterocycles. The van der Waals surface area contributed by atoms with E-state index < -0.39 is 15.6 Å². The number of hydrogen-bond acceptors (Lipinski definition) is 6. The first-order chi connectivity index (χ1) is 14.8. The van der Waals surface area contributed by atoms with Gasteiger partial charge in [0.25, 0.3) is 0 Å². The molecule has 3 aromatic heterocycles. The van der Waals surface area contributed by atoms with Crippen molar-refractivity contribution in [1.82, 2.24) is 24.5 Å². The van der Waals surface area contributed by atoms with E-state index in [1.807, 2.05) is 25.2 Å². The Hall–Kier alpha value is -3.08. The predicted molar refractivity (Wildman–Crippen MR) is 115 cm³/mol. The molecule has 0 spiro atoms. The minimum absolute atomic E-state index is 0.130. The highest BCUT2D eigenvalue weighted by molar-refractivity contribution is 7.89. The summed E-state index contributed by atoms with van der Waals surface area (Å²) in [6.07, 6.45) is 7.90. The Balaban J connectivity index is 1.70. The molecule has 1 fully saturated rings. The fraction of sp³-hybridized carbons (Fsp3) is 0.286. The summed E-state index contributed by atoms with van der Waals surface area (Å²) in [6.45, 7) is 0. The number of aromatic nitrogens is 5. The highest BCUT2D eigenvalue weighted by Crippen LogP contribution is 2.39. The van der Waals surface area contributed by atoms with Crippen LogP contribution in [-0.2, 0) is 22.7 Å². The number of nitrogens with two attached hydrogens (primary N) is 1. The van der Waals surface area contributed by atoms with E-state index >= 15 is 0 Å². The van der Waals surface area contributed by atoms with Gasteiger partial charge in [-0.1, -0.05) is 25.0 Å². The second kappa shape index (κ2) is 6.98. The molecule has 1 aliphatic rings. The van der Waals surface area contributed by atoms with Crippen LogP contribution in [0.4, 0.5) is 0 Å². The fourth-order valence-corrected chi connectivity index (χ4v) is 5.02. The highest BCUT2D eigenvalue weighted by atomic mass is 32.2. The lowest BCUT2D eigenvalue weighted by molar-refractivity contribution is 0.0444. The largest absolute Gasteiger partial charge is 0.385 e. The minimum Gasteiger partial charge on any atom is -0.385 e. The third-order valence-electron chi connectivity index (χ3n) is 5.94. The average molecular weight is 439 g/mol. The standard InChI is InChI=1S/C21H22N6O3S/c1-26-20-14(12-24-26)5-4-6-17(20)27-13-18(31(22,29)30)19(25-27)16-11-15(7-10-23-16)21(28)8-2-3-9-21/h4-7,10-13,28H,2-3,8-9H2,1H3,(H2,22,29,30). The number of rotatable bonds is 4. The van der Waals surface area contributed by atoms with Gasteiger partial charge in [-0.05, 0) is 36.6 Å². The van der Waals surface area contributed by atoms with Gasteiger partial charge < -0.3 is 5.11 Å². The van der Waals surface area contributed by atoms with Crippen molar-refractivity contribution in [2.24, 2.45) is 12.2 Å². The molecule has 0 bridgehead atoms. The molecule has 9 nitrogen and oxygen atoms in total. The third kappa shape index (κ3) is 3.32. The summed E-state index contributed by atoms with van der Waals surface area (Å²) in [5.74, 6) is 0. The first kappa shape index (κ1) is 19.9. The maximum absolute atomic E-state index is 12.4. The van der Waals surface area contributed by atoms with Gasteiger partial charge in [-0.25, -0.2) is 18.2 Å². The van der Waals surface area contributed by atoms with E-state index in [0.29, 0.717) is 29.8 Å². The van der Waals surface area contributed by atoms with Crippen molar-refractivity contribution in [3.8, 4) is 17.1 Å². The predicted octanol–water partition coefficient (Wildman–Crippen LogP) is 2.23. The van der Waals surface area contributed by atoms with Crippen molar-refractivity contribution < 1.29 is 13.5 Å². The van der Waals surface area contributed by atoms with E-state index in [0.717, 1.165) is 23.7 Å². The Kier molecular flexibility index (Phi) is 4.47. The highest BCUT2D eigenvalue weighted by Gasteiger charge is 2.34. The number of para-hydroxylation sites is 1. The smallest absolute Gasteiger partial charge is 0.241 e. The SMILES string of the molecule is Cn1ncc2cccc(-n3cc(S(N)(=O)=O)c(-c4cc(C5(O)CCCC5)ccn4)n3)c21. The van der Waals surface area contributed by atoms with Crippen LogP contribution in [0.3, 0.4) is 0 Å². The Morgan fingerprint density at radius 3 is 2.71 bits per heavy atom. The molecule has 160 valence electrons. The lowest BCUT2D eigenvalue weighted by Crippen LogP contribution is -2.21. The molecule has 0 unspecified atom stereocenters. The first-order valence-corrected chi connectivity index (χ1v) is 11.5.